The molecule has 88 valence electrons. The number of aromatic nitrogens is 1. The number of hydrogen-bond donors (Lipinski definition) is 0. The number of nitrogens with zero attached hydrogens (tertiary/aromatic N) is 2. The predicted molar refractivity (Wildman–Crippen MR) is 65.0 cm³/mol. The van der Waals surface area contributed by atoms with E-state index in [2.05, 4.69) is 11.9 Å². The summed E-state index contributed by atoms with van der Waals surface area (Å²) in [5.41, 5.74) is 1.65. The third-order valence-electron chi connectivity index (χ3n) is 3.40. The number of anilines is 1. The molecule has 1 aliphatic carbocycles. The first-order chi connectivity index (χ1) is 8.01. The first kappa shape index (κ1) is 10.7. The monoisotopic (exact) mass is 248 g/mol. The van der Waals surface area contributed by atoms with Gasteiger partial charge < -0.3 is 0 Å². The van der Waals surface area contributed by atoms with Crippen molar-refractivity contribution in [3.63, 3.8) is 0 Å². The van der Waals surface area contributed by atoms with Crippen LogP contribution in [0.2, 0.25) is 0 Å². The average Bonchev–Trinajstić information content (AvgIpc) is 2.73. The number of amides is 2. The van der Waals surface area contributed by atoms with E-state index in [-0.39, 0.29) is 17.2 Å². The Morgan fingerprint density at radius 2 is 2.12 bits per heavy atom. The van der Waals surface area contributed by atoms with Gasteiger partial charge in [0.05, 0.1) is 5.69 Å². The molecule has 1 saturated carbocycles. The fourth-order valence-electron chi connectivity index (χ4n) is 1.86. The first-order valence-corrected chi connectivity index (χ1v) is 6.42. The number of thiazole rings is 1. The van der Waals surface area contributed by atoms with E-state index in [0.717, 1.165) is 23.4 Å². The van der Waals surface area contributed by atoms with Crippen molar-refractivity contribution < 1.29 is 9.59 Å². The zero-order valence-electron chi connectivity index (χ0n) is 9.69. The number of carbonyl (C=O) groups is 2. The van der Waals surface area contributed by atoms with Gasteiger partial charge in [-0.2, -0.15) is 0 Å². The van der Waals surface area contributed by atoms with Crippen LogP contribution in [0.1, 0.15) is 32.4 Å². The zero-order valence-corrected chi connectivity index (χ0v) is 10.5. The van der Waals surface area contributed by atoms with Crippen molar-refractivity contribution in [3.05, 3.63) is 22.7 Å². The van der Waals surface area contributed by atoms with Crippen molar-refractivity contribution in [2.75, 3.05) is 4.90 Å². The van der Waals surface area contributed by atoms with Crippen molar-refractivity contribution in [1.82, 2.24) is 4.98 Å². The van der Waals surface area contributed by atoms with Crippen molar-refractivity contribution in [2.45, 2.75) is 32.1 Å². The lowest BCUT2D eigenvalue weighted by Gasteiger charge is -2.10. The summed E-state index contributed by atoms with van der Waals surface area (Å²) in [4.78, 5) is 29.1. The smallest absolute Gasteiger partial charge is 0.263 e. The average molecular weight is 248 g/mol. The summed E-state index contributed by atoms with van der Waals surface area (Å²) in [5.74, 6) is -0.536. The fraction of sp³-hybridized carbons (Fsp3) is 0.417. The molecule has 1 aromatic heterocycles. The van der Waals surface area contributed by atoms with Gasteiger partial charge in [-0.15, -0.1) is 11.3 Å². The maximum Gasteiger partial charge on any atom is 0.263 e. The Hall–Kier alpha value is -1.49. The lowest BCUT2D eigenvalue weighted by molar-refractivity contribution is -0.120. The highest BCUT2D eigenvalue weighted by molar-refractivity contribution is 7.14. The number of carbonyl (C=O) groups excluding carboxylic acids is 2. The second-order valence-corrected chi connectivity index (χ2v) is 5.72. The standard InChI is InChI=1S/C12H12N2O2S/c1-7-5-9(15)14(10(7)16)11-13-8(6-17-11)12(2)3-4-12/h5-6H,3-4H2,1-2H3. The Morgan fingerprint density at radius 1 is 1.41 bits per heavy atom. The minimum absolute atomic E-state index is 0.170. The van der Waals surface area contributed by atoms with Gasteiger partial charge in [0.1, 0.15) is 0 Å². The molecular weight excluding hydrogens is 236 g/mol. The van der Waals surface area contributed by atoms with Crippen LogP contribution in [0.5, 0.6) is 0 Å². The van der Waals surface area contributed by atoms with E-state index in [1.54, 1.807) is 6.92 Å². The largest absolute Gasteiger partial charge is 0.269 e. The van der Waals surface area contributed by atoms with E-state index in [9.17, 15) is 9.59 Å². The van der Waals surface area contributed by atoms with Crippen LogP contribution in [-0.2, 0) is 15.0 Å². The summed E-state index contributed by atoms with van der Waals surface area (Å²) < 4.78 is 0. The van der Waals surface area contributed by atoms with Gasteiger partial charge in [0.25, 0.3) is 11.8 Å². The number of rotatable bonds is 2. The van der Waals surface area contributed by atoms with Crippen LogP contribution in [-0.4, -0.2) is 16.8 Å². The summed E-state index contributed by atoms with van der Waals surface area (Å²) in [6.07, 6.45) is 3.63. The molecule has 17 heavy (non-hydrogen) atoms. The molecule has 0 radical (unpaired) electrons. The molecule has 0 N–H and O–H groups in total. The van der Waals surface area contributed by atoms with Crippen LogP contribution in [0, 0.1) is 0 Å². The van der Waals surface area contributed by atoms with E-state index in [0.29, 0.717) is 10.7 Å². The summed E-state index contributed by atoms with van der Waals surface area (Å²) in [6, 6.07) is 0. The molecule has 0 atom stereocenters. The molecule has 0 bridgehead atoms. The third-order valence-corrected chi connectivity index (χ3v) is 4.23. The van der Waals surface area contributed by atoms with E-state index in [1.165, 1.54) is 17.4 Å². The quantitative estimate of drug-likeness (QED) is 0.752. The van der Waals surface area contributed by atoms with Crippen LogP contribution in [0.4, 0.5) is 5.13 Å². The van der Waals surface area contributed by atoms with Gasteiger partial charge in [-0.25, -0.2) is 9.88 Å². The Morgan fingerprint density at radius 3 is 2.65 bits per heavy atom. The molecule has 3 rings (SSSR count). The Kier molecular flexibility index (Phi) is 2.04. The lowest BCUT2D eigenvalue weighted by Crippen LogP contribution is -2.30. The highest BCUT2D eigenvalue weighted by atomic mass is 32.1. The molecule has 5 heteroatoms. The summed E-state index contributed by atoms with van der Waals surface area (Å²) in [5, 5.41) is 2.45. The minimum Gasteiger partial charge on any atom is -0.269 e. The number of imide groups is 1. The summed E-state index contributed by atoms with van der Waals surface area (Å²) >= 11 is 1.36. The minimum atomic E-state index is -0.283. The van der Waals surface area contributed by atoms with E-state index in [1.807, 2.05) is 5.38 Å². The second kappa shape index (κ2) is 3.26. The zero-order chi connectivity index (χ0) is 12.2. The molecule has 1 aliphatic heterocycles. The van der Waals surface area contributed by atoms with Crippen LogP contribution < -0.4 is 4.90 Å². The lowest BCUT2D eigenvalue weighted by atomic mass is 10.1. The summed E-state index contributed by atoms with van der Waals surface area (Å²) in [6.45, 7) is 3.81. The topological polar surface area (TPSA) is 50.3 Å². The van der Waals surface area contributed by atoms with Crippen molar-refractivity contribution >= 4 is 28.3 Å². The molecular formula is C12H12N2O2S. The third kappa shape index (κ3) is 1.53. The maximum absolute atomic E-state index is 11.8. The molecule has 0 aromatic carbocycles. The van der Waals surface area contributed by atoms with Gasteiger partial charge in [0.2, 0.25) is 0 Å². The van der Waals surface area contributed by atoms with Gasteiger partial charge in [0.15, 0.2) is 5.13 Å². The number of hydrogen-bond acceptors (Lipinski definition) is 4. The highest BCUT2D eigenvalue weighted by Crippen LogP contribution is 2.48. The van der Waals surface area contributed by atoms with Crippen LogP contribution >= 0.6 is 11.3 Å². The molecule has 2 aliphatic rings. The van der Waals surface area contributed by atoms with Crippen LogP contribution in [0.15, 0.2) is 17.0 Å². The first-order valence-electron chi connectivity index (χ1n) is 5.54. The molecule has 0 spiro atoms. The SMILES string of the molecule is CC1=CC(=O)N(c2nc(C3(C)CC3)cs2)C1=O. The maximum atomic E-state index is 11.8. The van der Waals surface area contributed by atoms with Crippen molar-refractivity contribution in [3.8, 4) is 0 Å². The van der Waals surface area contributed by atoms with Gasteiger partial charge in [-0.3, -0.25) is 9.59 Å². The van der Waals surface area contributed by atoms with Gasteiger partial charge in [0, 0.05) is 22.4 Å². The van der Waals surface area contributed by atoms with E-state index < -0.39 is 0 Å². The van der Waals surface area contributed by atoms with E-state index >= 15 is 0 Å². The molecule has 4 nitrogen and oxygen atoms in total. The second-order valence-electron chi connectivity index (χ2n) is 4.88. The Labute approximate surface area is 103 Å². The molecule has 0 saturated heterocycles. The molecule has 1 aromatic rings. The van der Waals surface area contributed by atoms with Gasteiger partial charge >= 0.3 is 0 Å². The highest BCUT2D eigenvalue weighted by Gasteiger charge is 2.42. The predicted octanol–water partition coefficient (Wildman–Crippen LogP) is 2.01. The van der Waals surface area contributed by atoms with Crippen LogP contribution in [0.3, 0.4) is 0 Å². The van der Waals surface area contributed by atoms with Crippen molar-refractivity contribution in [1.29, 1.82) is 0 Å². The normalized spacial score (nSPS) is 22.0. The molecule has 2 heterocycles. The Bertz CT molecular complexity index is 555. The summed E-state index contributed by atoms with van der Waals surface area (Å²) in [7, 11) is 0. The van der Waals surface area contributed by atoms with E-state index in [4.69, 9.17) is 0 Å². The fourth-order valence-corrected chi connectivity index (χ4v) is 2.84. The van der Waals surface area contributed by atoms with Gasteiger partial charge in [-0.05, 0) is 19.8 Å². The Balaban J connectivity index is 1.93. The molecule has 0 unspecified atom stereocenters. The molecule has 2 amide bonds. The molecule has 1 fully saturated rings. The van der Waals surface area contributed by atoms with Crippen molar-refractivity contribution in [2.24, 2.45) is 0 Å². The van der Waals surface area contributed by atoms with Gasteiger partial charge in [-0.1, -0.05) is 6.92 Å². The van der Waals surface area contributed by atoms with Crippen LogP contribution in [0.25, 0.3) is 0 Å².